The summed E-state index contributed by atoms with van der Waals surface area (Å²) in [5, 5.41) is 4.06. The number of methoxy groups -OCH3 is 1. The van der Waals surface area contributed by atoms with Crippen LogP contribution in [0.2, 0.25) is 0 Å². The first-order valence-electron chi connectivity index (χ1n) is 6.77. The van der Waals surface area contributed by atoms with Gasteiger partial charge in [0.25, 0.3) is 0 Å². The Morgan fingerprint density at radius 3 is 2.50 bits per heavy atom. The fourth-order valence-electron chi connectivity index (χ4n) is 2.43. The zero-order chi connectivity index (χ0) is 14.7. The van der Waals surface area contributed by atoms with Crippen molar-refractivity contribution >= 4 is 0 Å². The van der Waals surface area contributed by atoms with Crippen LogP contribution in [0.15, 0.2) is 28.8 Å². The summed E-state index contributed by atoms with van der Waals surface area (Å²) in [6.07, 6.45) is 0. The van der Waals surface area contributed by atoms with Crippen molar-refractivity contribution in [1.29, 1.82) is 0 Å². The van der Waals surface area contributed by atoms with Crippen LogP contribution in [0.3, 0.4) is 0 Å². The van der Waals surface area contributed by atoms with E-state index in [0.29, 0.717) is 17.6 Å². The quantitative estimate of drug-likeness (QED) is 0.908. The van der Waals surface area contributed by atoms with E-state index in [0.717, 1.165) is 11.3 Å². The number of aromatic nitrogens is 2. The van der Waals surface area contributed by atoms with E-state index >= 15 is 0 Å². The number of nitrogens with two attached hydrogens (primary N) is 1. The standard InChI is InChI=1S/C15H21N3O2/c1-9(2)13(10(3)16)15-17-14(18-20-15)11-7-5-6-8-12(11)19-4/h5-10,13H,16H2,1-4H3. The molecule has 5 heteroatoms. The van der Waals surface area contributed by atoms with Crippen LogP contribution in [0.4, 0.5) is 0 Å². The Morgan fingerprint density at radius 2 is 1.90 bits per heavy atom. The first-order valence-corrected chi connectivity index (χ1v) is 6.77. The van der Waals surface area contributed by atoms with E-state index in [1.54, 1.807) is 7.11 Å². The van der Waals surface area contributed by atoms with E-state index in [4.69, 9.17) is 15.0 Å². The lowest BCUT2D eigenvalue weighted by Crippen LogP contribution is -2.28. The molecule has 108 valence electrons. The molecule has 0 saturated heterocycles. The Labute approximate surface area is 119 Å². The Morgan fingerprint density at radius 1 is 1.20 bits per heavy atom. The van der Waals surface area contributed by atoms with Gasteiger partial charge in [-0.3, -0.25) is 0 Å². The van der Waals surface area contributed by atoms with E-state index in [9.17, 15) is 0 Å². The normalized spacial score (nSPS) is 14.3. The molecule has 0 spiro atoms. The van der Waals surface area contributed by atoms with Crippen molar-refractivity contribution in [3.05, 3.63) is 30.2 Å². The van der Waals surface area contributed by atoms with Crippen molar-refractivity contribution in [2.24, 2.45) is 11.7 Å². The van der Waals surface area contributed by atoms with E-state index in [1.165, 1.54) is 0 Å². The molecule has 2 rings (SSSR count). The van der Waals surface area contributed by atoms with Crippen LogP contribution in [-0.4, -0.2) is 23.3 Å². The molecule has 1 aromatic heterocycles. The summed E-state index contributed by atoms with van der Waals surface area (Å²) >= 11 is 0. The average molecular weight is 275 g/mol. The molecule has 0 aliphatic carbocycles. The van der Waals surface area contributed by atoms with Crippen LogP contribution in [0.5, 0.6) is 5.75 Å². The largest absolute Gasteiger partial charge is 0.496 e. The second-order valence-electron chi connectivity index (χ2n) is 5.29. The number of benzene rings is 1. The molecule has 1 heterocycles. The topological polar surface area (TPSA) is 74.2 Å². The maximum Gasteiger partial charge on any atom is 0.231 e. The highest BCUT2D eigenvalue weighted by molar-refractivity contribution is 5.63. The molecule has 1 aromatic carbocycles. The van der Waals surface area contributed by atoms with Crippen LogP contribution in [0, 0.1) is 5.92 Å². The lowest BCUT2D eigenvalue weighted by molar-refractivity contribution is 0.300. The minimum Gasteiger partial charge on any atom is -0.496 e. The van der Waals surface area contributed by atoms with E-state index < -0.39 is 0 Å². The van der Waals surface area contributed by atoms with E-state index in [1.807, 2.05) is 31.2 Å². The molecule has 0 aliphatic rings. The van der Waals surface area contributed by atoms with Gasteiger partial charge in [-0.15, -0.1) is 0 Å². The summed E-state index contributed by atoms with van der Waals surface area (Å²) in [7, 11) is 1.62. The summed E-state index contributed by atoms with van der Waals surface area (Å²) in [6.45, 7) is 6.15. The van der Waals surface area contributed by atoms with Gasteiger partial charge >= 0.3 is 0 Å². The predicted molar refractivity (Wildman–Crippen MR) is 77.5 cm³/mol. The van der Waals surface area contributed by atoms with Crippen LogP contribution >= 0.6 is 0 Å². The first-order chi connectivity index (χ1) is 9.54. The summed E-state index contributed by atoms with van der Waals surface area (Å²) < 4.78 is 10.7. The molecular weight excluding hydrogens is 254 g/mol. The molecule has 0 bridgehead atoms. The molecule has 2 N–H and O–H groups in total. The van der Waals surface area contributed by atoms with Crippen molar-refractivity contribution in [2.75, 3.05) is 7.11 Å². The van der Waals surface area contributed by atoms with E-state index in [-0.39, 0.29) is 12.0 Å². The third-order valence-electron chi connectivity index (χ3n) is 3.36. The summed E-state index contributed by atoms with van der Waals surface area (Å²) in [5.74, 6) is 2.22. The summed E-state index contributed by atoms with van der Waals surface area (Å²) in [4.78, 5) is 4.49. The van der Waals surface area contributed by atoms with Gasteiger partial charge in [-0.05, 0) is 25.0 Å². The smallest absolute Gasteiger partial charge is 0.231 e. The highest BCUT2D eigenvalue weighted by atomic mass is 16.5. The lowest BCUT2D eigenvalue weighted by atomic mass is 9.90. The van der Waals surface area contributed by atoms with Crippen molar-refractivity contribution < 1.29 is 9.26 Å². The molecule has 0 amide bonds. The number of para-hydroxylation sites is 1. The summed E-state index contributed by atoms with van der Waals surface area (Å²) in [5.41, 5.74) is 6.84. The molecule has 0 aliphatic heterocycles. The monoisotopic (exact) mass is 275 g/mol. The van der Waals surface area contributed by atoms with Crippen molar-refractivity contribution in [3.8, 4) is 17.1 Å². The Bertz CT molecular complexity index is 556. The molecule has 5 nitrogen and oxygen atoms in total. The van der Waals surface area contributed by atoms with Gasteiger partial charge in [-0.1, -0.05) is 31.1 Å². The Kier molecular flexibility index (Phi) is 4.39. The zero-order valence-corrected chi connectivity index (χ0v) is 12.3. The molecule has 0 saturated carbocycles. The maximum absolute atomic E-state index is 6.02. The van der Waals surface area contributed by atoms with Gasteiger partial charge in [-0.2, -0.15) is 4.98 Å². The van der Waals surface area contributed by atoms with Crippen LogP contribution in [-0.2, 0) is 0 Å². The molecular formula is C15H21N3O2. The van der Waals surface area contributed by atoms with Gasteiger partial charge in [0.1, 0.15) is 5.75 Å². The highest BCUT2D eigenvalue weighted by Gasteiger charge is 2.26. The van der Waals surface area contributed by atoms with Crippen molar-refractivity contribution in [1.82, 2.24) is 10.1 Å². The SMILES string of the molecule is COc1ccccc1-c1noc(C(C(C)C)C(C)N)n1. The second-order valence-corrected chi connectivity index (χ2v) is 5.29. The average Bonchev–Trinajstić information content (AvgIpc) is 2.87. The molecule has 2 unspecified atom stereocenters. The molecule has 20 heavy (non-hydrogen) atoms. The van der Waals surface area contributed by atoms with Gasteiger partial charge in [0.2, 0.25) is 11.7 Å². The van der Waals surface area contributed by atoms with Gasteiger partial charge < -0.3 is 15.0 Å². The van der Waals surface area contributed by atoms with Crippen LogP contribution < -0.4 is 10.5 Å². The fraction of sp³-hybridized carbons (Fsp3) is 0.467. The minimum absolute atomic E-state index is 0.0408. The number of ether oxygens (including phenoxy) is 1. The van der Waals surface area contributed by atoms with Crippen molar-refractivity contribution in [3.63, 3.8) is 0 Å². The maximum atomic E-state index is 6.02. The number of hydrogen-bond donors (Lipinski definition) is 1. The van der Waals surface area contributed by atoms with Gasteiger partial charge in [0.05, 0.1) is 18.6 Å². The summed E-state index contributed by atoms with van der Waals surface area (Å²) in [6, 6.07) is 7.56. The second kappa shape index (κ2) is 6.05. The van der Waals surface area contributed by atoms with Gasteiger partial charge in [-0.25, -0.2) is 0 Å². The molecule has 0 radical (unpaired) electrons. The highest BCUT2D eigenvalue weighted by Crippen LogP contribution is 2.31. The van der Waals surface area contributed by atoms with Gasteiger partial charge in [0.15, 0.2) is 0 Å². The third-order valence-corrected chi connectivity index (χ3v) is 3.36. The number of hydrogen-bond acceptors (Lipinski definition) is 5. The Hall–Kier alpha value is -1.88. The third kappa shape index (κ3) is 2.82. The van der Waals surface area contributed by atoms with Gasteiger partial charge in [0, 0.05) is 6.04 Å². The van der Waals surface area contributed by atoms with Crippen LogP contribution in [0.1, 0.15) is 32.6 Å². The van der Waals surface area contributed by atoms with E-state index in [2.05, 4.69) is 24.0 Å². The first kappa shape index (κ1) is 14.5. The zero-order valence-electron chi connectivity index (χ0n) is 12.3. The number of rotatable bonds is 5. The minimum atomic E-state index is -0.0408. The number of nitrogens with zero attached hydrogens (tertiary/aromatic N) is 2. The molecule has 2 atom stereocenters. The Balaban J connectivity index is 2.37. The lowest BCUT2D eigenvalue weighted by Gasteiger charge is -2.20. The fourth-order valence-corrected chi connectivity index (χ4v) is 2.43. The molecule has 2 aromatic rings. The van der Waals surface area contributed by atoms with Crippen molar-refractivity contribution in [2.45, 2.75) is 32.7 Å². The predicted octanol–water partition coefficient (Wildman–Crippen LogP) is 2.83. The molecule has 0 fully saturated rings. The van der Waals surface area contributed by atoms with Crippen LogP contribution in [0.25, 0.3) is 11.4 Å².